The molecule has 27 heavy (non-hydrogen) atoms. The van der Waals surface area contributed by atoms with Crippen molar-refractivity contribution < 1.29 is 9.53 Å². The summed E-state index contributed by atoms with van der Waals surface area (Å²) in [6.45, 7) is 6.07. The molecule has 1 saturated heterocycles. The third-order valence-electron chi connectivity index (χ3n) is 5.59. The molecule has 2 aliphatic heterocycles. The standard InChI is InChI=1S/C22H27N3O2/c1-27-20-9-7-19(8-10-20)24-15-13-23(14-16-24)11-4-12-25-21-6-3-2-5-18(21)17-22(25)26/h2-3,5-10H,4,11-17H2,1H3. The Labute approximate surface area is 161 Å². The van der Waals surface area contributed by atoms with E-state index in [2.05, 4.69) is 34.1 Å². The van der Waals surface area contributed by atoms with E-state index in [1.165, 1.54) is 5.69 Å². The van der Waals surface area contributed by atoms with Gasteiger partial charge in [-0.1, -0.05) is 18.2 Å². The summed E-state index contributed by atoms with van der Waals surface area (Å²) in [4.78, 5) is 19.2. The van der Waals surface area contributed by atoms with Crippen molar-refractivity contribution in [3.63, 3.8) is 0 Å². The Balaban J connectivity index is 1.24. The van der Waals surface area contributed by atoms with Crippen molar-refractivity contribution >= 4 is 17.3 Å². The van der Waals surface area contributed by atoms with Gasteiger partial charge in [-0.25, -0.2) is 0 Å². The van der Waals surface area contributed by atoms with Gasteiger partial charge in [-0.05, 0) is 48.9 Å². The third kappa shape index (κ3) is 3.93. The molecule has 2 aromatic rings. The minimum atomic E-state index is 0.237. The van der Waals surface area contributed by atoms with Crippen LogP contribution in [0.2, 0.25) is 0 Å². The SMILES string of the molecule is COc1ccc(N2CCN(CCCN3C(=O)Cc4ccccc43)CC2)cc1. The minimum absolute atomic E-state index is 0.237. The number of hydrogen-bond acceptors (Lipinski definition) is 4. The fraction of sp³-hybridized carbons (Fsp3) is 0.409. The zero-order valence-corrected chi connectivity index (χ0v) is 15.9. The van der Waals surface area contributed by atoms with Crippen LogP contribution in [0.5, 0.6) is 5.75 Å². The van der Waals surface area contributed by atoms with Crippen LogP contribution in [0.25, 0.3) is 0 Å². The monoisotopic (exact) mass is 365 g/mol. The van der Waals surface area contributed by atoms with Gasteiger partial charge in [0.2, 0.25) is 5.91 Å². The van der Waals surface area contributed by atoms with Crippen molar-refractivity contribution in [3.8, 4) is 5.75 Å². The first-order valence-corrected chi connectivity index (χ1v) is 9.74. The highest BCUT2D eigenvalue weighted by atomic mass is 16.5. The predicted octanol–water partition coefficient (Wildman–Crippen LogP) is 2.80. The number of ether oxygens (including phenoxy) is 1. The van der Waals surface area contributed by atoms with Crippen LogP contribution < -0.4 is 14.5 Å². The first-order valence-electron chi connectivity index (χ1n) is 9.74. The second-order valence-corrected chi connectivity index (χ2v) is 7.23. The maximum absolute atomic E-state index is 12.3. The summed E-state index contributed by atoms with van der Waals surface area (Å²) >= 11 is 0. The lowest BCUT2D eigenvalue weighted by Gasteiger charge is -2.36. The Kier molecular flexibility index (Phi) is 5.30. The summed E-state index contributed by atoms with van der Waals surface area (Å²) in [7, 11) is 1.70. The van der Waals surface area contributed by atoms with Crippen molar-refractivity contribution in [2.75, 3.05) is 56.2 Å². The maximum atomic E-state index is 12.3. The van der Waals surface area contributed by atoms with Gasteiger partial charge in [-0.3, -0.25) is 9.69 Å². The first-order chi connectivity index (χ1) is 13.2. The number of anilines is 2. The number of methoxy groups -OCH3 is 1. The molecule has 1 fully saturated rings. The molecule has 1 amide bonds. The van der Waals surface area contributed by atoms with Gasteiger partial charge < -0.3 is 14.5 Å². The van der Waals surface area contributed by atoms with Gasteiger partial charge in [0.05, 0.1) is 13.5 Å². The van der Waals surface area contributed by atoms with E-state index in [0.29, 0.717) is 6.42 Å². The van der Waals surface area contributed by atoms with Crippen LogP contribution in [0, 0.1) is 0 Å². The molecule has 142 valence electrons. The second kappa shape index (κ2) is 8.01. The number of carbonyl (C=O) groups is 1. The number of nitrogens with zero attached hydrogens (tertiary/aromatic N) is 3. The topological polar surface area (TPSA) is 36.0 Å². The lowest BCUT2D eigenvalue weighted by atomic mass is 10.2. The summed E-state index contributed by atoms with van der Waals surface area (Å²) in [5.41, 5.74) is 3.53. The molecule has 2 aromatic carbocycles. The van der Waals surface area contributed by atoms with Crippen molar-refractivity contribution in [2.24, 2.45) is 0 Å². The fourth-order valence-electron chi connectivity index (χ4n) is 4.04. The van der Waals surface area contributed by atoms with Gasteiger partial charge in [0.25, 0.3) is 0 Å². The molecule has 0 bridgehead atoms. The highest BCUT2D eigenvalue weighted by molar-refractivity contribution is 6.01. The average molecular weight is 365 g/mol. The van der Waals surface area contributed by atoms with Crippen LogP contribution in [0.4, 0.5) is 11.4 Å². The van der Waals surface area contributed by atoms with Crippen LogP contribution in [0.1, 0.15) is 12.0 Å². The molecule has 0 aromatic heterocycles. The Morgan fingerprint density at radius 3 is 2.41 bits per heavy atom. The minimum Gasteiger partial charge on any atom is -0.497 e. The van der Waals surface area contributed by atoms with E-state index in [0.717, 1.165) is 62.7 Å². The Morgan fingerprint density at radius 1 is 0.926 bits per heavy atom. The molecule has 0 spiro atoms. The second-order valence-electron chi connectivity index (χ2n) is 7.23. The lowest BCUT2D eigenvalue weighted by molar-refractivity contribution is -0.117. The van der Waals surface area contributed by atoms with Crippen LogP contribution in [0.15, 0.2) is 48.5 Å². The summed E-state index contributed by atoms with van der Waals surface area (Å²) < 4.78 is 5.23. The van der Waals surface area contributed by atoms with Gasteiger partial charge in [0.15, 0.2) is 0 Å². The summed E-state index contributed by atoms with van der Waals surface area (Å²) in [5.74, 6) is 1.14. The van der Waals surface area contributed by atoms with Crippen molar-refractivity contribution in [1.29, 1.82) is 0 Å². The molecule has 0 N–H and O–H groups in total. The van der Waals surface area contributed by atoms with Gasteiger partial charge in [-0.2, -0.15) is 0 Å². The predicted molar refractivity (Wildman–Crippen MR) is 109 cm³/mol. The van der Waals surface area contributed by atoms with E-state index in [1.807, 2.05) is 29.2 Å². The molecule has 0 radical (unpaired) electrons. The van der Waals surface area contributed by atoms with E-state index in [1.54, 1.807) is 7.11 Å². The molecule has 0 aliphatic carbocycles. The van der Waals surface area contributed by atoms with E-state index in [9.17, 15) is 4.79 Å². The average Bonchev–Trinajstić information content (AvgIpc) is 3.04. The number of hydrogen-bond donors (Lipinski definition) is 0. The van der Waals surface area contributed by atoms with E-state index < -0.39 is 0 Å². The molecule has 0 atom stereocenters. The molecule has 0 saturated carbocycles. The molecule has 5 heteroatoms. The Hall–Kier alpha value is -2.53. The van der Waals surface area contributed by atoms with Crippen molar-refractivity contribution in [3.05, 3.63) is 54.1 Å². The third-order valence-corrected chi connectivity index (χ3v) is 5.59. The van der Waals surface area contributed by atoms with Crippen LogP contribution in [0.3, 0.4) is 0 Å². The number of benzene rings is 2. The van der Waals surface area contributed by atoms with Crippen molar-refractivity contribution in [2.45, 2.75) is 12.8 Å². The van der Waals surface area contributed by atoms with Gasteiger partial charge in [0.1, 0.15) is 5.75 Å². The van der Waals surface area contributed by atoms with Crippen LogP contribution in [-0.4, -0.2) is 57.2 Å². The molecule has 0 unspecified atom stereocenters. The zero-order valence-electron chi connectivity index (χ0n) is 15.9. The van der Waals surface area contributed by atoms with E-state index in [-0.39, 0.29) is 5.91 Å². The van der Waals surface area contributed by atoms with Gasteiger partial charge in [-0.15, -0.1) is 0 Å². The highest BCUT2D eigenvalue weighted by Gasteiger charge is 2.26. The Bertz CT molecular complexity index is 782. The highest BCUT2D eigenvalue weighted by Crippen LogP contribution is 2.28. The molecule has 4 rings (SSSR count). The number of piperazine rings is 1. The molecule has 2 heterocycles. The number of para-hydroxylation sites is 1. The fourth-order valence-corrected chi connectivity index (χ4v) is 4.04. The van der Waals surface area contributed by atoms with E-state index in [4.69, 9.17) is 4.74 Å². The number of fused-ring (bicyclic) bond motifs is 1. The van der Waals surface area contributed by atoms with Crippen LogP contribution in [-0.2, 0) is 11.2 Å². The largest absolute Gasteiger partial charge is 0.497 e. The molecular formula is C22H27N3O2. The maximum Gasteiger partial charge on any atom is 0.231 e. The Morgan fingerprint density at radius 2 is 1.67 bits per heavy atom. The van der Waals surface area contributed by atoms with Gasteiger partial charge >= 0.3 is 0 Å². The number of amides is 1. The smallest absolute Gasteiger partial charge is 0.231 e. The number of rotatable bonds is 6. The quantitative estimate of drug-likeness (QED) is 0.789. The van der Waals surface area contributed by atoms with E-state index >= 15 is 0 Å². The molecule has 2 aliphatic rings. The van der Waals surface area contributed by atoms with Crippen molar-refractivity contribution in [1.82, 2.24) is 4.90 Å². The molecular weight excluding hydrogens is 338 g/mol. The van der Waals surface area contributed by atoms with Crippen LogP contribution >= 0.6 is 0 Å². The zero-order chi connectivity index (χ0) is 18.6. The first kappa shape index (κ1) is 17.9. The lowest BCUT2D eigenvalue weighted by Crippen LogP contribution is -2.47. The number of carbonyl (C=O) groups excluding carboxylic acids is 1. The summed E-state index contributed by atoms with van der Waals surface area (Å²) in [6, 6.07) is 16.5. The van der Waals surface area contributed by atoms with Gasteiger partial charge in [0, 0.05) is 44.1 Å². The summed E-state index contributed by atoms with van der Waals surface area (Å²) in [6.07, 6.45) is 1.57. The summed E-state index contributed by atoms with van der Waals surface area (Å²) in [5, 5.41) is 0. The normalized spacial score (nSPS) is 17.3. The molecule has 5 nitrogen and oxygen atoms in total.